The van der Waals surface area contributed by atoms with Crippen LogP contribution in [0.15, 0.2) is 30.0 Å². The first-order valence-electron chi connectivity index (χ1n) is 7.73. The lowest BCUT2D eigenvalue weighted by Crippen LogP contribution is -2.61. The van der Waals surface area contributed by atoms with E-state index in [1.807, 2.05) is 0 Å². The number of nitrogens with zero attached hydrogens (tertiary/aromatic N) is 1. The molecule has 1 aromatic carbocycles. The topological polar surface area (TPSA) is 156 Å². The van der Waals surface area contributed by atoms with Crippen LogP contribution in [-0.2, 0) is 9.59 Å². The standard InChI is InChI=1S/C17H23N3O6/c1-10(17(3,19)11(2)22)20(9-21)14(15(23)24)8-12-5-4-6-13(7-12)26-16(18)25/h4-11,22H,19H2,1-3H3,(H2,18,25)(H,23,24)/b14-8+. The molecular formula is C17H23N3O6. The number of primary amides is 1. The van der Waals surface area contributed by atoms with E-state index in [1.54, 1.807) is 6.07 Å². The van der Waals surface area contributed by atoms with Crippen molar-refractivity contribution in [2.75, 3.05) is 0 Å². The van der Waals surface area contributed by atoms with Crippen LogP contribution in [0, 0.1) is 0 Å². The zero-order valence-electron chi connectivity index (χ0n) is 14.7. The van der Waals surface area contributed by atoms with E-state index in [0.717, 1.165) is 4.90 Å². The Kier molecular flexibility index (Phi) is 6.87. The average Bonchev–Trinajstić information content (AvgIpc) is 2.53. The Labute approximate surface area is 150 Å². The number of carbonyl (C=O) groups excluding carboxylic acids is 2. The summed E-state index contributed by atoms with van der Waals surface area (Å²) in [5.41, 5.74) is 9.73. The first-order chi connectivity index (χ1) is 12.0. The third-order valence-electron chi connectivity index (χ3n) is 4.21. The fourth-order valence-corrected chi connectivity index (χ4v) is 2.19. The molecule has 26 heavy (non-hydrogen) atoms. The van der Waals surface area contributed by atoms with Gasteiger partial charge in [-0.3, -0.25) is 4.79 Å². The Bertz CT molecular complexity index is 714. The van der Waals surface area contributed by atoms with Gasteiger partial charge in [-0.1, -0.05) is 12.1 Å². The SMILES string of the molecule is CC(O)C(C)(N)C(C)N(C=O)/C(=C/c1cccc(OC(N)=O)c1)C(=O)O. The van der Waals surface area contributed by atoms with Gasteiger partial charge >= 0.3 is 12.1 Å². The van der Waals surface area contributed by atoms with Crippen molar-refractivity contribution in [3.05, 3.63) is 35.5 Å². The van der Waals surface area contributed by atoms with E-state index in [9.17, 15) is 24.6 Å². The summed E-state index contributed by atoms with van der Waals surface area (Å²) >= 11 is 0. The van der Waals surface area contributed by atoms with Crippen LogP contribution in [0.1, 0.15) is 26.3 Å². The van der Waals surface area contributed by atoms with Gasteiger partial charge in [0, 0.05) is 0 Å². The molecule has 0 heterocycles. The van der Waals surface area contributed by atoms with E-state index >= 15 is 0 Å². The first kappa shape index (κ1) is 21.1. The lowest BCUT2D eigenvalue weighted by molar-refractivity contribution is -0.137. The second kappa shape index (κ2) is 8.45. The number of nitrogens with two attached hydrogens (primary N) is 2. The van der Waals surface area contributed by atoms with Gasteiger partial charge in [0.05, 0.1) is 17.7 Å². The van der Waals surface area contributed by atoms with Crippen LogP contribution >= 0.6 is 0 Å². The molecule has 0 aromatic heterocycles. The van der Waals surface area contributed by atoms with Crippen LogP contribution in [0.5, 0.6) is 5.75 Å². The Balaban J connectivity index is 3.33. The van der Waals surface area contributed by atoms with Crippen molar-refractivity contribution in [3.63, 3.8) is 0 Å². The van der Waals surface area contributed by atoms with Crippen LogP contribution in [-0.4, -0.2) is 51.3 Å². The van der Waals surface area contributed by atoms with Crippen LogP contribution in [0.3, 0.4) is 0 Å². The molecule has 0 aliphatic rings. The highest BCUT2D eigenvalue weighted by molar-refractivity contribution is 5.94. The molecule has 0 saturated carbocycles. The number of hydrogen-bond acceptors (Lipinski definition) is 6. The van der Waals surface area contributed by atoms with Crippen molar-refractivity contribution in [1.29, 1.82) is 0 Å². The van der Waals surface area contributed by atoms with Crippen molar-refractivity contribution in [1.82, 2.24) is 4.90 Å². The van der Waals surface area contributed by atoms with Crippen LogP contribution in [0.25, 0.3) is 6.08 Å². The number of benzene rings is 1. The van der Waals surface area contributed by atoms with E-state index in [-0.39, 0.29) is 11.4 Å². The van der Waals surface area contributed by atoms with Gasteiger partial charge in [0.25, 0.3) is 0 Å². The Hall–Kier alpha value is -2.91. The van der Waals surface area contributed by atoms with Gasteiger partial charge in [-0.15, -0.1) is 0 Å². The molecule has 0 aliphatic carbocycles. The highest BCUT2D eigenvalue weighted by atomic mass is 16.5. The largest absolute Gasteiger partial charge is 0.477 e. The predicted octanol–water partition coefficient (Wildman–Crippen LogP) is 0.515. The minimum Gasteiger partial charge on any atom is -0.477 e. The summed E-state index contributed by atoms with van der Waals surface area (Å²) < 4.78 is 4.74. The van der Waals surface area contributed by atoms with Crippen LogP contribution in [0.4, 0.5) is 4.79 Å². The second-order valence-electron chi connectivity index (χ2n) is 6.06. The van der Waals surface area contributed by atoms with Crippen LogP contribution in [0.2, 0.25) is 0 Å². The smallest absolute Gasteiger partial charge is 0.409 e. The predicted molar refractivity (Wildman–Crippen MR) is 93.9 cm³/mol. The van der Waals surface area contributed by atoms with E-state index in [2.05, 4.69) is 0 Å². The third kappa shape index (κ3) is 5.04. The van der Waals surface area contributed by atoms with E-state index in [4.69, 9.17) is 16.2 Å². The number of aliphatic hydroxyl groups excluding tert-OH is 1. The first-order valence-corrected chi connectivity index (χ1v) is 7.73. The zero-order valence-corrected chi connectivity index (χ0v) is 14.7. The molecule has 1 aromatic rings. The van der Waals surface area contributed by atoms with E-state index in [1.165, 1.54) is 45.0 Å². The minimum absolute atomic E-state index is 0.120. The summed E-state index contributed by atoms with van der Waals surface area (Å²) in [5, 5.41) is 19.4. The number of aliphatic hydroxyl groups is 1. The molecule has 2 amide bonds. The lowest BCUT2D eigenvalue weighted by Gasteiger charge is -2.39. The highest BCUT2D eigenvalue weighted by Gasteiger charge is 2.37. The number of ether oxygens (including phenoxy) is 1. The maximum Gasteiger partial charge on any atom is 0.409 e. The third-order valence-corrected chi connectivity index (χ3v) is 4.21. The summed E-state index contributed by atoms with van der Waals surface area (Å²) in [5.74, 6) is -1.25. The number of carbonyl (C=O) groups is 3. The summed E-state index contributed by atoms with van der Waals surface area (Å²) in [6.07, 6.45) is -0.452. The normalized spacial score (nSPS) is 16.1. The quantitative estimate of drug-likeness (QED) is 0.386. The molecular weight excluding hydrogens is 342 g/mol. The lowest BCUT2D eigenvalue weighted by atomic mass is 9.88. The molecule has 0 fully saturated rings. The number of carboxylic acid groups (broad SMARTS) is 1. The molecule has 0 radical (unpaired) electrons. The number of hydrogen-bond donors (Lipinski definition) is 4. The average molecular weight is 365 g/mol. The molecule has 0 spiro atoms. The maximum absolute atomic E-state index is 11.7. The fraction of sp³-hybridized carbons (Fsp3) is 0.353. The molecule has 9 heteroatoms. The number of rotatable bonds is 8. The molecule has 0 saturated heterocycles. The molecule has 142 valence electrons. The number of aliphatic carboxylic acids is 1. The van der Waals surface area contributed by atoms with Crippen LogP contribution < -0.4 is 16.2 Å². The van der Waals surface area contributed by atoms with Gasteiger partial charge in [-0.05, 0) is 44.5 Å². The van der Waals surface area contributed by atoms with Gasteiger partial charge < -0.3 is 31.3 Å². The Morgan fingerprint density at radius 2 is 1.96 bits per heavy atom. The molecule has 6 N–H and O–H groups in total. The minimum atomic E-state index is -1.37. The van der Waals surface area contributed by atoms with Crippen molar-refractivity contribution < 1.29 is 29.3 Å². The molecule has 1 rings (SSSR count). The van der Waals surface area contributed by atoms with Crippen molar-refractivity contribution in [2.45, 2.75) is 38.5 Å². The van der Waals surface area contributed by atoms with Gasteiger partial charge in [0.15, 0.2) is 0 Å². The summed E-state index contributed by atoms with van der Waals surface area (Å²) in [6, 6.07) is 5.11. The van der Waals surface area contributed by atoms with E-state index in [0.29, 0.717) is 12.0 Å². The molecule has 3 unspecified atom stereocenters. The Morgan fingerprint density at radius 3 is 2.42 bits per heavy atom. The monoisotopic (exact) mass is 365 g/mol. The summed E-state index contributed by atoms with van der Waals surface area (Å²) in [6.45, 7) is 4.50. The molecule has 3 atom stereocenters. The van der Waals surface area contributed by atoms with Gasteiger partial charge in [-0.25, -0.2) is 9.59 Å². The second-order valence-corrected chi connectivity index (χ2v) is 6.06. The number of carboxylic acids is 1. The molecule has 0 bridgehead atoms. The highest BCUT2D eigenvalue weighted by Crippen LogP contribution is 2.23. The van der Waals surface area contributed by atoms with Gasteiger partial charge in [0.2, 0.25) is 6.41 Å². The van der Waals surface area contributed by atoms with Crippen molar-refractivity contribution in [2.24, 2.45) is 11.5 Å². The Morgan fingerprint density at radius 1 is 1.35 bits per heavy atom. The summed E-state index contributed by atoms with van der Waals surface area (Å²) in [7, 11) is 0. The molecule has 0 aliphatic heterocycles. The zero-order chi connectivity index (χ0) is 20.1. The van der Waals surface area contributed by atoms with Crippen molar-refractivity contribution in [3.8, 4) is 5.75 Å². The van der Waals surface area contributed by atoms with E-state index < -0.39 is 29.7 Å². The summed E-state index contributed by atoms with van der Waals surface area (Å²) in [4.78, 5) is 35.0. The van der Waals surface area contributed by atoms with Gasteiger partial charge in [-0.2, -0.15) is 0 Å². The molecule has 9 nitrogen and oxygen atoms in total. The maximum atomic E-state index is 11.7. The van der Waals surface area contributed by atoms with Gasteiger partial charge in [0.1, 0.15) is 11.4 Å². The van der Waals surface area contributed by atoms with Crippen molar-refractivity contribution >= 4 is 24.5 Å². The fourth-order valence-electron chi connectivity index (χ4n) is 2.19. The number of amides is 2.